The van der Waals surface area contributed by atoms with E-state index in [1.165, 1.54) is 0 Å². The molecule has 0 saturated heterocycles. The van der Waals surface area contributed by atoms with Crippen LogP contribution in [0, 0.1) is 0 Å². The van der Waals surface area contributed by atoms with Gasteiger partial charge in [0.25, 0.3) is 5.91 Å². The fourth-order valence-corrected chi connectivity index (χ4v) is 1.50. The van der Waals surface area contributed by atoms with Crippen molar-refractivity contribution in [2.75, 3.05) is 4.90 Å². The Morgan fingerprint density at radius 2 is 1.41 bits per heavy atom. The number of anilines is 1. The predicted octanol–water partition coefficient (Wildman–Crippen LogP) is 2.40. The van der Waals surface area contributed by atoms with Crippen LogP contribution >= 0.6 is 0 Å². The molecular weight excluding hydrogens is 214 g/mol. The molecule has 1 radical (unpaired) electrons. The molecule has 17 heavy (non-hydrogen) atoms. The van der Waals surface area contributed by atoms with Crippen LogP contribution in [0.15, 0.2) is 60.7 Å². The lowest BCUT2D eigenvalue weighted by Gasteiger charge is -2.14. The van der Waals surface area contributed by atoms with Crippen molar-refractivity contribution >= 4 is 18.0 Å². The number of nitrogens with zero attached hydrogens (tertiary/aromatic N) is 1. The van der Waals surface area contributed by atoms with Crippen molar-refractivity contribution < 1.29 is 9.59 Å². The Kier molecular flexibility index (Phi) is 3.31. The Bertz CT molecular complexity index is 508. The molecule has 2 aromatic rings. The lowest BCUT2D eigenvalue weighted by atomic mass is 10.2. The highest BCUT2D eigenvalue weighted by Crippen LogP contribution is 2.14. The molecule has 2 amide bonds. The molecule has 0 bridgehead atoms. The number of carbonyl (C=O) groups is 1. The maximum Gasteiger partial charge on any atom is 0.324 e. The lowest BCUT2D eigenvalue weighted by molar-refractivity contribution is 0.100. The van der Waals surface area contributed by atoms with Gasteiger partial charge in [-0.25, -0.2) is 4.90 Å². The molecule has 0 unspecified atom stereocenters. The first-order chi connectivity index (χ1) is 8.33. The van der Waals surface area contributed by atoms with Crippen molar-refractivity contribution in [1.29, 1.82) is 0 Å². The SMILES string of the molecule is O=[C]N(C(=O)c1ccccc1)c1ccccc1. The molecule has 3 nitrogen and oxygen atoms in total. The van der Waals surface area contributed by atoms with Gasteiger partial charge >= 0.3 is 6.41 Å². The van der Waals surface area contributed by atoms with Crippen LogP contribution in [0.5, 0.6) is 0 Å². The van der Waals surface area contributed by atoms with Gasteiger partial charge in [-0.15, -0.1) is 0 Å². The zero-order chi connectivity index (χ0) is 12.1. The number of rotatable bonds is 3. The van der Waals surface area contributed by atoms with Gasteiger partial charge in [0.1, 0.15) is 0 Å². The van der Waals surface area contributed by atoms with E-state index in [4.69, 9.17) is 0 Å². The molecule has 0 N–H and O–H groups in total. The summed E-state index contributed by atoms with van der Waals surface area (Å²) in [6.07, 6.45) is 1.65. The third kappa shape index (κ3) is 2.39. The minimum Gasteiger partial charge on any atom is -0.268 e. The van der Waals surface area contributed by atoms with Crippen LogP contribution in [0.4, 0.5) is 5.69 Å². The van der Waals surface area contributed by atoms with E-state index < -0.39 is 0 Å². The van der Waals surface area contributed by atoms with E-state index in [2.05, 4.69) is 0 Å². The fourth-order valence-electron chi connectivity index (χ4n) is 1.50. The Labute approximate surface area is 99.3 Å². The minimum absolute atomic E-state index is 0.383. The highest BCUT2D eigenvalue weighted by atomic mass is 16.2. The minimum atomic E-state index is -0.383. The van der Waals surface area contributed by atoms with Crippen molar-refractivity contribution in [3.05, 3.63) is 66.2 Å². The van der Waals surface area contributed by atoms with Crippen LogP contribution in [-0.2, 0) is 4.79 Å². The molecule has 0 heterocycles. The second-order valence-electron chi connectivity index (χ2n) is 3.43. The topological polar surface area (TPSA) is 37.4 Å². The standard InChI is InChI=1S/C14H10NO2/c16-11-15(13-9-5-2-6-10-13)14(17)12-7-3-1-4-8-12/h1-10H. The number of carbonyl (C=O) groups excluding carboxylic acids is 2. The van der Waals surface area contributed by atoms with E-state index in [1.54, 1.807) is 54.9 Å². The Morgan fingerprint density at radius 1 is 0.882 bits per heavy atom. The summed E-state index contributed by atoms with van der Waals surface area (Å²) in [6, 6.07) is 17.4. The van der Waals surface area contributed by atoms with Gasteiger partial charge in [-0.3, -0.25) is 9.59 Å². The summed E-state index contributed by atoms with van der Waals surface area (Å²) < 4.78 is 0. The highest BCUT2D eigenvalue weighted by molar-refractivity contribution is 6.15. The first kappa shape index (κ1) is 11.1. The summed E-state index contributed by atoms with van der Waals surface area (Å²) in [4.78, 5) is 23.9. The molecule has 0 aliphatic heterocycles. The predicted molar refractivity (Wildman–Crippen MR) is 65.4 cm³/mol. The molecule has 0 saturated carbocycles. The van der Waals surface area contributed by atoms with Gasteiger partial charge in [-0.2, -0.15) is 0 Å². The average molecular weight is 224 g/mol. The number of imide groups is 1. The molecule has 0 aliphatic carbocycles. The van der Waals surface area contributed by atoms with E-state index in [-0.39, 0.29) is 5.91 Å². The quantitative estimate of drug-likeness (QED) is 0.751. The molecular formula is C14H10NO2. The summed E-state index contributed by atoms with van der Waals surface area (Å²) in [5.74, 6) is -0.383. The van der Waals surface area contributed by atoms with E-state index in [1.807, 2.05) is 12.1 Å². The van der Waals surface area contributed by atoms with Crippen molar-refractivity contribution in [3.8, 4) is 0 Å². The van der Waals surface area contributed by atoms with Crippen molar-refractivity contribution in [2.24, 2.45) is 0 Å². The van der Waals surface area contributed by atoms with E-state index in [9.17, 15) is 9.59 Å². The summed E-state index contributed by atoms with van der Waals surface area (Å²) in [5, 5.41) is 0. The molecule has 2 rings (SSSR count). The third-order valence-electron chi connectivity index (χ3n) is 2.33. The van der Waals surface area contributed by atoms with Gasteiger partial charge in [-0.05, 0) is 24.3 Å². The monoisotopic (exact) mass is 224 g/mol. The second kappa shape index (κ2) is 5.07. The van der Waals surface area contributed by atoms with Gasteiger partial charge in [-0.1, -0.05) is 36.4 Å². The second-order valence-corrected chi connectivity index (χ2v) is 3.43. The normalized spacial score (nSPS) is 9.65. The first-order valence-corrected chi connectivity index (χ1v) is 5.15. The number of benzene rings is 2. The van der Waals surface area contributed by atoms with Gasteiger partial charge in [0, 0.05) is 5.56 Å². The van der Waals surface area contributed by atoms with Crippen molar-refractivity contribution in [2.45, 2.75) is 0 Å². The number of hydrogen-bond acceptors (Lipinski definition) is 2. The van der Waals surface area contributed by atoms with Crippen LogP contribution in [0.3, 0.4) is 0 Å². The van der Waals surface area contributed by atoms with E-state index in [0.717, 1.165) is 4.90 Å². The summed E-state index contributed by atoms with van der Waals surface area (Å²) in [6.45, 7) is 0. The van der Waals surface area contributed by atoms with E-state index >= 15 is 0 Å². The zero-order valence-electron chi connectivity index (χ0n) is 9.04. The molecule has 2 aromatic carbocycles. The number of para-hydroxylation sites is 1. The highest BCUT2D eigenvalue weighted by Gasteiger charge is 2.17. The van der Waals surface area contributed by atoms with Crippen LogP contribution in [-0.4, -0.2) is 12.3 Å². The summed E-state index contributed by atoms with van der Waals surface area (Å²) in [7, 11) is 0. The van der Waals surface area contributed by atoms with E-state index in [0.29, 0.717) is 11.3 Å². The average Bonchev–Trinajstić information content (AvgIpc) is 2.42. The van der Waals surface area contributed by atoms with Gasteiger partial charge < -0.3 is 0 Å². The maximum atomic E-state index is 12.0. The molecule has 0 fully saturated rings. The first-order valence-electron chi connectivity index (χ1n) is 5.15. The molecule has 0 aromatic heterocycles. The van der Waals surface area contributed by atoms with Gasteiger partial charge in [0.05, 0.1) is 5.69 Å². The summed E-state index contributed by atoms with van der Waals surface area (Å²) in [5.41, 5.74) is 0.969. The largest absolute Gasteiger partial charge is 0.324 e. The van der Waals surface area contributed by atoms with Crippen molar-refractivity contribution in [1.82, 2.24) is 0 Å². The van der Waals surface area contributed by atoms with Crippen LogP contribution in [0.2, 0.25) is 0 Å². The Morgan fingerprint density at radius 3 is 1.94 bits per heavy atom. The van der Waals surface area contributed by atoms with Crippen LogP contribution in [0.1, 0.15) is 10.4 Å². The molecule has 3 heteroatoms. The molecule has 0 aliphatic rings. The lowest BCUT2D eigenvalue weighted by Crippen LogP contribution is -2.29. The molecule has 0 atom stereocenters. The van der Waals surface area contributed by atoms with Gasteiger partial charge in [0.15, 0.2) is 0 Å². The number of hydrogen-bond donors (Lipinski definition) is 0. The third-order valence-corrected chi connectivity index (χ3v) is 2.33. The Hall–Kier alpha value is -2.42. The van der Waals surface area contributed by atoms with Crippen LogP contribution < -0.4 is 4.90 Å². The van der Waals surface area contributed by atoms with Crippen molar-refractivity contribution in [3.63, 3.8) is 0 Å². The maximum absolute atomic E-state index is 12.0. The summed E-state index contributed by atoms with van der Waals surface area (Å²) >= 11 is 0. The van der Waals surface area contributed by atoms with Gasteiger partial charge in [0.2, 0.25) is 0 Å². The molecule has 0 spiro atoms. The number of amides is 2. The zero-order valence-corrected chi connectivity index (χ0v) is 9.04. The fraction of sp³-hybridized carbons (Fsp3) is 0. The smallest absolute Gasteiger partial charge is 0.268 e. The van der Waals surface area contributed by atoms with Crippen LogP contribution in [0.25, 0.3) is 0 Å². The Balaban J connectivity index is 2.32. The molecule has 83 valence electrons.